The maximum atomic E-state index is 13.6. The number of amides is 2. The maximum Gasteiger partial charge on any atom is 0.255 e. The molecule has 4 unspecified atom stereocenters. The number of phenols is 1. The molecule has 2 aliphatic rings. The number of fused-ring (bicyclic) bond motifs is 1. The zero-order chi connectivity index (χ0) is 24.5. The Morgan fingerprint density at radius 3 is 2.37 bits per heavy atom. The Kier molecular flexibility index (Phi) is 6.10. The number of primary amides is 1. The lowest BCUT2D eigenvalue weighted by Gasteiger charge is -2.31. The predicted octanol–water partition coefficient (Wildman–Crippen LogP) is 2.31. The molecule has 2 aliphatic heterocycles. The summed E-state index contributed by atoms with van der Waals surface area (Å²) >= 11 is 0. The number of hydrogen-bond donors (Lipinski definition) is 4. The van der Waals surface area contributed by atoms with Gasteiger partial charge >= 0.3 is 0 Å². The molecule has 0 radical (unpaired) electrons. The molecule has 2 fully saturated rings. The minimum absolute atomic E-state index is 0.0937. The van der Waals surface area contributed by atoms with Gasteiger partial charge in [-0.3, -0.25) is 9.59 Å². The summed E-state index contributed by atoms with van der Waals surface area (Å²) in [4.78, 5) is 26.4. The number of hydrazine groups is 1. The van der Waals surface area contributed by atoms with Crippen LogP contribution in [0.5, 0.6) is 11.5 Å². The Morgan fingerprint density at radius 2 is 1.69 bits per heavy atom. The number of nitrogens with two attached hydrogens (primary N) is 1. The van der Waals surface area contributed by atoms with Crippen molar-refractivity contribution < 1.29 is 23.8 Å². The van der Waals surface area contributed by atoms with Gasteiger partial charge in [0.2, 0.25) is 5.91 Å². The molecule has 5 N–H and O–H groups in total. The van der Waals surface area contributed by atoms with Crippen LogP contribution in [0.3, 0.4) is 0 Å². The number of rotatable bonds is 7. The standard InChI is InChI=1S/C26H25FN4O4/c27-17-9-5-15(6-10-17)13-31-25(16-7-11-18(12-8-16)35-14-21(28)33)22-23(29-30-24(22)26(31)34)19-3-1-2-4-20(19)32/h1-12,22-25,29-30,32H,13-14H2,(H2,28,33). The highest BCUT2D eigenvalue weighted by Gasteiger charge is 2.55. The van der Waals surface area contributed by atoms with Crippen molar-refractivity contribution in [2.24, 2.45) is 11.7 Å². The first-order valence-corrected chi connectivity index (χ1v) is 11.3. The number of ether oxygens (including phenoxy) is 1. The first-order chi connectivity index (χ1) is 16.9. The summed E-state index contributed by atoms with van der Waals surface area (Å²) in [6.45, 7) is 0.0672. The zero-order valence-electron chi connectivity index (χ0n) is 18.7. The van der Waals surface area contributed by atoms with Crippen LogP contribution in [0.15, 0.2) is 72.8 Å². The maximum absolute atomic E-state index is 13.6. The summed E-state index contributed by atoms with van der Waals surface area (Å²) in [5.74, 6) is -0.619. The van der Waals surface area contributed by atoms with Crippen molar-refractivity contribution in [1.82, 2.24) is 15.8 Å². The molecule has 2 amide bonds. The van der Waals surface area contributed by atoms with Gasteiger partial charge in [-0.15, -0.1) is 0 Å². The Labute approximate surface area is 201 Å². The summed E-state index contributed by atoms with van der Waals surface area (Å²) in [5, 5.41) is 10.5. The van der Waals surface area contributed by atoms with E-state index in [1.165, 1.54) is 12.1 Å². The molecule has 8 nitrogen and oxygen atoms in total. The van der Waals surface area contributed by atoms with Crippen LogP contribution in [-0.2, 0) is 16.1 Å². The average Bonchev–Trinajstić information content (AvgIpc) is 3.39. The van der Waals surface area contributed by atoms with E-state index >= 15 is 0 Å². The lowest BCUT2D eigenvalue weighted by atomic mass is 9.83. The van der Waals surface area contributed by atoms with Crippen molar-refractivity contribution in [2.75, 3.05) is 6.61 Å². The molecule has 3 aromatic carbocycles. The number of nitrogens with zero attached hydrogens (tertiary/aromatic N) is 1. The van der Waals surface area contributed by atoms with Crippen LogP contribution in [0, 0.1) is 11.7 Å². The molecule has 0 aromatic heterocycles. The lowest BCUT2D eigenvalue weighted by Crippen LogP contribution is -2.41. The first-order valence-electron chi connectivity index (χ1n) is 11.3. The van der Waals surface area contributed by atoms with Gasteiger partial charge in [0, 0.05) is 18.0 Å². The number of hydrogen-bond acceptors (Lipinski definition) is 6. The lowest BCUT2D eigenvalue weighted by molar-refractivity contribution is -0.131. The van der Waals surface area contributed by atoms with Gasteiger partial charge in [-0.1, -0.05) is 42.5 Å². The topological polar surface area (TPSA) is 117 Å². The van der Waals surface area contributed by atoms with Crippen molar-refractivity contribution in [2.45, 2.75) is 24.7 Å². The zero-order valence-corrected chi connectivity index (χ0v) is 18.7. The Balaban J connectivity index is 1.52. The number of aromatic hydroxyl groups is 1. The van der Waals surface area contributed by atoms with E-state index < -0.39 is 11.9 Å². The summed E-state index contributed by atoms with van der Waals surface area (Å²) in [5.41, 5.74) is 13.8. The summed E-state index contributed by atoms with van der Waals surface area (Å²) in [7, 11) is 0. The number of benzene rings is 3. The first kappa shape index (κ1) is 22.8. The molecule has 0 aliphatic carbocycles. The number of para-hydroxylation sites is 1. The van der Waals surface area contributed by atoms with Crippen LogP contribution < -0.4 is 21.3 Å². The van der Waals surface area contributed by atoms with Crippen LogP contribution in [-0.4, -0.2) is 34.5 Å². The van der Waals surface area contributed by atoms with E-state index in [2.05, 4.69) is 10.9 Å². The molecule has 4 atom stereocenters. The highest BCUT2D eigenvalue weighted by atomic mass is 19.1. The van der Waals surface area contributed by atoms with Crippen molar-refractivity contribution in [3.63, 3.8) is 0 Å². The molecule has 2 heterocycles. The second-order valence-corrected chi connectivity index (χ2v) is 8.74. The number of carbonyl (C=O) groups excluding carboxylic acids is 2. The minimum Gasteiger partial charge on any atom is -0.508 e. The van der Waals surface area contributed by atoms with Crippen molar-refractivity contribution in [1.29, 1.82) is 0 Å². The third-order valence-corrected chi connectivity index (χ3v) is 6.55. The molecule has 0 spiro atoms. The van der Waals surface area contributed by atoms with E-state index in [0.29, 0.717) is 17.9 Å². The summed E-state index contributed by atoms with van der Waals surface area (Å²) in [6, 6.07) is 19.1. The van der Waals surface area contributed by atoms with Crippen LogP contribution in [0.4, 0.5) is 4.39 Å². The third-order valence-electron chi connectivity index (χ3n) is 6.55. The minimum atomic E-state index is -0.572. The van der Waals surface area contributed by atoms with Crippen molar-refractivity contribution in [3.05, 3.63) is 95.3 Å². The Morgan fingerprint density at radius 1 is 1.00 bits per heavy atom. The van der Waals surface area contributed by atoms with E-state index in [9.17, 15) is 19.1 Å². The van der Waals surface area contributed by atoms with E-state index in [1.54, 1.807) is 41.3 Å². The molecule has 0 bridgehead atoms. The second kappa shape index (κ2) is 9.36. The molecule has 0 saturated carbocycles. The number of likely N-dealkylation sites (tertiary alicyclic amines) is 1. The van der Waals surface area contributed by atoms with Gasteiger partial charge < -0.3 is 20.5 Å². The number of carbonyl (C=O) groups is 2. The quantitative estimate of drug-likeness (QED) is 0.416. The fraction of sp³-hybridized carbons (Fsp3) is 0.231. The van der Waals surface area contributed by atoms with E-state index in [4.69, 9.17) is 10.5 Å². The highest BCUT2D eigenvalue weighted by molar-refractivity contribution is 5.86. The largest absolute Gasteiger partial charge is 0.508 e. The summed E-state index contributed by atoms with van der Waals surface area (Å²) < 4.78 is 18.9. The van der Waals surface area contributed by atoms with Gasteiger partial charge in [-0.05, 0) is 41.5 Å². The van der Waals surface area contributed by atoms with Crippen molar-refractivity contribution >= 4 is 11.8 Å². The second-order valence-electron chi connectivity index (χ2n) is 8.74. The van der Waals surface area contributed by atoms with Crippen LogP contribution in [0.25, 0.3) is 0 Å². The average molecular weight is 477 g/mol. The highest BCUT2D eigenvalue weighted by Crippen LogP contribution is 2.49. The van der Waals surface area contributed by atoms with Crippen LogP contribution in [0.2, 0.25) is 0 Å². The third kappa shape index (κ3) is 4.43. The Bertz CT molecular complexity index is 1230. The Hall–Kier alpha value is -3.95. The number of nitrogens with one attached hydrogen (secondary N) is 2. The van der Waals surface area contributed by atoms with Gasteiger partial charge in [0.25, 0.3) is 5.91 Å². The van der Waals surface area contributed by atoms with E-state index in [1.807, 2.05) is 24.3 Å². The molecular weight excluding hydrogens is 451 g/mol. The van der Waals surface area contributed by atoms with Gasteiger partial charge in [0.1, 0.15) is 23.4 Å². The van der Waals surface area contributed by atoms with Crippen molar-refractivity contribution in [3.8, 4) is 11.5 Å². The fourth-order valence-electron chi connectivity index (χ4n) is 5.00. The van der Waals surface area contributed by atoms with E-state index in [-0.39, 0.29) is 42.1 Å². The van der Waals surface area contributed by atoms with Gasteiger partial charge in [-0.25, -0.2) is 15.2 Å². The van der Waals surface area contributed by atoms with E-state index in [0.717, 1.165) is 11.1 Å². The van der Waals surface area contributed by atoms with Crippen LogP contribution >= 0.6 is 0 Å². The van der Waals surface area contributed by atoms with Crippen LogP contribution in [0.1, 0.15) is 28.8 Å². The predicted molar refractivity (Wildman–Crippen MR) is 125 cm³/mol. The smallest absolute Gasteiger partial charge is 0.255 e. The molecule has 3 aromatic rings. The van der Waals surface area contributed by atoms with Gasteiger partial charge in [0.05, 0.1) is 12.1 Å². The molecule has 2 saturated heterocycles. The molecule has 35 heavy (non-hydrogen) atoms. The van der Waals surface area contributed by atoms with Gasteiger partial charge in [0.15, 0.2) is 6.61 Å². The monoisotopic (exact) mass is 476 g/mol. The molecular formula is C26H25FN4O4. The molecule has 5 rings (SSSR count). The SMILES string of the molecule is NC(=O)COc1ccc(C2C3C(NNC3c3ccccc3O)C(=O)N2Cc2ccc(F)cc2)cc1. The summed E-state index contributed by atoms with van der Waals surface area (Å²) in [6.07, 6.45) is 0. The molecule has 9 heteroatoms. The molecule has 180 valence electrons. The fourth-order valence-corrected chi connectivity index (χ4v) is 5.00. The normalized spacial score (nSPS) is 23.3. The van der Waals surface area contributed by atoms with Gasteiger partial charge in [-0.2, -0.15) is 0 Å². The number of phenolic OH excluding ortho intramolecular Hbond substituents is 1. The number of halogens is 1.